The molecule has 1 N–H and O–H groups in total. The minimum absolute atomic E-state index is 0.0197. The molecule has 2 heterocycles. The Balaban J connectivity index is 1.88. The Hall–Kier alpha value is -2.44. The van der Waals surface area contributed by atoms with Crippen LogP contribution in [-0.2, 0) is 4.79 Å². The number of anilines is 1. The molecule has 24 heavy (non-hydrogen) atoms. The van der Waals surface area contributed by atoms with Gasteiger partial charge in [-0.25, -0.2) is 14.4 Å². The molecular formula is C17H21FN4O2. The van der Waals surface area contributed by atoms with E-state index < -0.39 is 5.82 Å². The molecule has 0 spiro atoms. The molecule has 0 aliphatic carbocycles. The molecule has 1 aromatic carbocycles. The quantitative estimate of drug-likeness (QED) is 0.929. The zero-order valence-electron chi connectivity index (χ0n) is 13.9. The van der Waals surface area contributed by atoms with E-state index in [-0.39, 0.29) is 17.2 Å². The summed E-state index contributed by atoms with van der Waals surface area (Å²) >= 11 is 0. The molecule has 1 amide bonds. The van der Waals surface area contributed by atoms with E-state index in [1.807, 2.05) is 0 Å². The maximum Gasteiger partial charge on any atom is 0.216 e. The number of aromatic nitrogens is 2. The third-order valence-electron chi connectivity index (χ3n) is 4.37. The standard InChI is InChI=1S/C17H21FN4O2/c1-11(23)19-8-12-4-3-7-22(9-12)17-13-5-6-14(24-2)15(18)16(13)20-10-21-17/h5-6,10,12H,3-4,7-9H2,1-2H3,(H,19,23). The Morgan fingerprint density at radius 1 is 1.46 bits per heavy atom. The number of piperidine rings is 1. The molecule has 1 fully saturated rings. The van der Waals surface area contributed by atoms with Gasteiger partial charge in [0.2, 0.25) is 5.91 Å². The van der Waals surface area contributed by atoms with Crippen LogP contribution in [0.3, 0.4) is 0 Å². The van der Waals surface area contributed by atoms with Crippen molar-refractivity contribution in [2.75, 3.05) is 31.6 Å². The lowest BCUT2D eigenvalue weighted by atomic mass is 9.97. The second kappa shape index (κ2) is 6.98. The van der Waals surface area contributed by atoms with Gasteiger partial charge in [0, 0.05) is 31.9 Å². The van der Waals surface area contributed by atoms with E-state index in [0.717, 1.165) is 31.7 Å². The lowest BCUT2D eigenvalue weighted by Crippen LogP contribution is -2.41. The molecule has 1 atom stereocenters. The van der Waals surface area contributed by atoms with E-state index >= 15 is 0 Å². The Bertz CT molecular complexity index is 753. The topological polar surface area (TPSA) is 67.3 Å². The predicted molar refractivity (Wildman–Crippen MR) is 89.7 cm³/mol. The number of nitrogens with one attached hydrogen (secondary N) is 1. The molecule has 3 rings (SSSR count). The highest BCUT2D eigenvalue weighted by atomic mass is 19.1. The van der Waals surface area contributed by atoms with Gasteiger partial charge in [-0.2, -0.15) is 0 Å². The summed E-state index contributed by atoms with van der Waals surface area (Å²) in [5.74, 6) is 0.776. The number of fused-ring (bicyclic) bond motifs is 1. The number of carbonyl (C=O) groups is 1. The Morgan fingerprint density at radius 3 is 3.04 bits per heavy atom. The molecule has 1 aromatic heterocycles. The fourth-order valence-electron chi connectivity index (χ4n) is 3.19. The first kappa shape index (κ1) is 16.4. The van der Waals surface area contributed by atoms with E-state index in [1.54, 1.807) is 12.1 Å². The zero-order valence-corrected chi connectivity index (χ0v) is 13.9. The summed E-state index contributed by atoms with van der Waals surface area (Å²) in [7, 11) is 1.43. The van der Waals surface area contributed by atoms with E-state index in [0.29, 0.717) is 17.8 Å². The molecule has 6 nitrogen and oxygen atoms in total. The van der Waals surface area contributed by atoms with Crippen molar-refractivity contribution in [3.8, 4) is 5.75 Å². The number of halogens is 1. The molecule has 128 valence electrons. The molecule has 1 aliphatic heterocycles. The van der Waals surface area contributed by atoms with Gasteiger partial charge in [0.05, 0.1) is 7.11 Å². The van der Waals surface area contributed by atoms with Crippen molar-refractivity contribution in [2.45, 2.75) is 19.8 Å². The Labute approximate surface area is 140 Å². The first-order chi connectivity index (χ1) is 11.6. The summed E-state index contributed by atoms with van der Waals surface area (Å²) < 4.78 is 19.4. The van der Waals surface area contributed by atoms with Gasteiger partial charge < -0.3 is 15.0 Å². The highest BCUT2D eigenvalue weighted by Gasteiger charge is 2.23. The smallest absolute Gasteiger partial charge is 0.216 e. The summed E-state index contributed by atoms with van der Waals surface area (Å²) in [6, 6.07) is 3.40. The van der Waals surface area contributed by atoms with E-state index in [9.17, 15) is 9.18 Å². The summed E-state index contributed by atoms with van der Waals surface area (Å²) in [6.07, 6.45) is 3.45. The van der Waals surface area contributed by atoms with Gasteiger partial charge in [-0.1, -0.05) is 0 Å². The molecule has 0 bridgehead atoms. The van der Waals surface area contributed by atoms with Gasteiger partial charge in [0.25, 0.3) is 0 Å². The molecule has 2 aromatic rings. The van der Waals surface area contributed by atoms with Crippen LogP contribution in [0.15, 0.2) is 18.5 Å². The minimum atomic E-state index is -0.467. The van der Waals surface area contributed by atoms with Crippen LogP contribution in [0.1, 0.15) is 19.8 Å². The second-order valence-electron chi connectivity index (χ2n) is 6.07. The van der Waals surface area contributed by atoms with Gasteiger partial charge in [0.15, 0.2) is 11.6 Å². The predicted octanol–water partition coefficient (Wildman–Crippen LogP) is 2.13. The Morgan fingerprint density at radius 2 is 2.29 bits per heavy atom. The molecule has 0 saturated carbocycles. The number of carbonyl (C=O) groups excluding carboxylic acids is 1. The second-order valence-corrected chi connectivity index (χ2v) is 6.07. The van der Waals surface area contributed by atoms with Gasteiger partial charge in [-0.05, 0) is 30.9 Å². The first-order valence-corrected chi connectivity index (χ1v) is 8.06. The van der Waals surface area contributed by atoms with Gasteiger partial charge in [-0.15, -0.1) is 0 Å². The van der Waals surface area contributed by atoms with Crippen LogP contribution in [0.25, 0.3) is 10.9 Å². The SMILES string of the molecule is COc1ccc2c(N3CCCC(CNC(C)=O)C3)ncnc2c1F. The van der Waals surface area contributed by atoms with Crippen molar-refractivity contribution < 1.29 is 13.9 Å². The third-order valence-corrected chi connectivity index (χ3v) is 4.37. The van der Waals surface area contributed by atoms with Crippen molar-refractivity contribution in [2.24, 2.45) is 5.92 Å². The number of rotatable bonds is 4. The van der Waals surface area contributed by atoms with Crippen molar-refractivity contribution in [1.82, 2.24) is 15.3 Å². The number of amides is 1. The molecule has 1 unspecified atom stereocenters. The van der Waals surface area contributed by atoms with E-state index in [1.165, 1.54) is 20.4 Å². The van der Waals surface area contributed by atoms with Crippen molar-refractivity contribution in [1.29, 1.82) is 0 Å². The average Bonchev–Trinajstić information content (AvgIpc) is 2.60. The summed E-state index contributed by atoms with van der Waals surface area (Å²) in [5, 5.41) is 3.55. The normalized spacial score (nSPS) is 17.8. The Kier molecular flexibility index (Phi) is 4.78. The molecular weight excluding hydrogens is 311 g/mol. The molecule has 1 aliphatic rings. The largest absolute Gasteiger partial charge is 0.494 e. The fourth-order valence-corrected chi connectivity index (χ4v) is 3.19. The summed E-state index contributed by atoms with van der Waals surface area (Å²) in [6.45, 7) is 3.81. The monoisotopic (exact) mass is 332 g/mol. The lowest BCUT2D eigenvalue weighted by molar-refractivity contribution is -0.119. The van der Waals surface area contributed by atoms with Gasteiger partial charge >= 0.3 is 0 Å². The first-order valence-electron chi connectivity index (χ1n) is 8.06. The van der Waals surface area contributed by atoms with E-state index in [2.05, 4.69) is 20.2 Å². The van der Waals surface area contributed by atoms with Crippen LogP contribution >= 0.6 is 0 Å². The van der Waals surface area contributed by atoms with Crippen LogP contribution in [0.4, 0.5) is 10.2 Å². The molecule has 7 heteroatoms. The van der Waals surface area contributed by atoms with Crippen LogP contribution < -0.4 is 15.0 Å². The summed E-state index contributed by atoms with van der Waals surface area (Å²) in [4.78, 5) is 21.7. The number of benzene rings is 1. The van der Waals surface area contributed by atoms with Crippen LogP contribution in [0.5, 0.6) is 5.75 Å². The third kappa shape index (κ3) is 3.25. The van der Waals surface area contributed by atoms with Crippen molar-refractivity contribution in [3.05, 3.63) is 24.3 Å². The molecule has 1 saturated heterocycles. The number of ether oxygens (including phenoxy) is 1. The number of nitrogens with zero attached hydrogens (tertiary/aromatic N) is 3. The van der Waals surface area contributed by atoms with Crippen LogP contribution in [0, 0.1) is 11.7 Å². The number of methoxy groups -OCH3 is 1. The van der Waals surface area contributed by atoms with E-state index in [4.69, 9.17) is 4.74 Å². The average molecular weight is 332 g/mol. The molecule has 0 radical (unpaired) electrons. The maximum absolute atomic E-state index is 14.4. The lowest BCUT2D eigenvalue weighted by Gasteiger charge is -2.34. The zero-order chi connectivity index (χ0) is 17.1. The number of hydrogen-bond donors (Lipinski definition) is 1. The number of hydrogen-bond acceptors (Lipinski definition) is 5. The van der Waals surface area contributed by atoms with Gasteiger partial charge in [0.1, 0.15) is 17.7 Å². The van der Waals surface area contributed by atoms with Crippen molar-refractivity contribution in [3.63, 3.8) is 0 Å². The van der Waals surface area contributed by atoms with Crippen LogP contribution in [0.2, 0.25) is 0 Å². The van der Waals surface area contributed by atoms with Crippen LogP contribution in [-0.4, -0.2) is 42.6 Å². The highest BCUT2D eigenvalue weighted by Crippen LogP contribution is 2.31. The highest BCUT2D eigenvalue weighted by molar-refractivity contribution is 5.90. The fraction of sp³-hybridized carbons (Fsp3) is 0.471. The minimum Gasteiger partial charge on any atom is -0.494 e. The maximum atomic E-state index is 14.4. The van der Waals surface area contributed by atoms with Crippen molar-refractivity contribution >= 4 is 22.6 Å². The van der Waals surface area contributed by atoms with Gasteiger partial charge in [-0.3, -0.25) is 4.79 Å². The summed E-state index contributed by atoms with van der Waals surface area (Å²) in [5.41, 5.74) is 0.267.